The van der Waals surface area contributed by atoms with Crippen molar-refractivity contribution in [2.45, 2.75) is 45.6 Å². The number of hydrogen-bond acceptors (Lipinski definition) is 1. The molecule has 1 unspecified atom stereocenters. The van der Waals surface area contributed by atoms with Gasteiger partial charge in [0.05, 0.1) is 0 Å². The first kappa shape index (κ1) is 8.57. The van der Waals surface area contributed by atoms with Crippen LogP contribution in [0.1, 0.15) is 40.0 Å². The predicted molar refractivity (Wildman–Crippen MR) is 45.2 cm³/mol. The van der Waals surface area contributed by atoms with E-state index in [0.717, 1.165) is 12.8 Å². The van der Waals surface area contributed by atoms with Gasteiger partial charge in [0.2, 0.25) is 5.91 Å². The molecule has 0 aromatic carbocycles. The van der Waals surface area contributed by atoms with Gasteiger partial charge in [0.1, 0.15) is 0 Å². The highest BCUT2D eigenvalue weighted by Crippen LogP contribution is 2.26. The van der Waals surface area contributed by atoms with Crippen molar-refractivity contribution >= 4 is 5.91 Å². The van der Waals surface area contributed by atoms with E-state index < -0.39 is 0 Å². The van der Waals surface area contributed by atoms with Crippen molar-refractivity contribution in [1.29, 1.82) is 0 Å². The maximum Gasteiger partial charge on any atom is 0.220 e. The molecule has 0 saturated carbocycles. The lowest BCUT2D eigenvalue weighted by Gasteiger charge is -2.25. The summed E-state index contributed by atoms with van der Waals surface area (Å²) in [6, 6.07) is 0. The van der Waals surface area contributed by atoms with Crippen LogP contribution in [0.5, 0.6) is 0 Å². The minimum absolute atomic E-state index is 0.0885. The van der Waals surface area contributed by atoms with Crippen molar-refractivity contribution in [1.82, 2.24) is 5.32 Å². The second-order valence-corrected chi connectivity index (χ2v) is 4.21. The summed E-state index contributed by atoms with van der Waals surface area (Å²) in [5.74, 6) is 0.881. The Balaban J connectivity index is 2.48. The van der Waals surface area contributed by atoms with Crippen molar-refractivity contribution in [3.63, 3.8) is 0 Å². The molecule has 0 aromatic heterocycles. The lowest BCUT2D eigenvalue weighted by molar-refractivity contribution is -0.119. The van der Waals surface area contributed by atoms with Crippen LogP contribution in [0.3, 0.4) is 0 Å². The third kappa shape index (κ3) is 2.21. The van der Waals surface area contributed by atoms with Crippen LogP contribution in [0.25, 0.3) is 0 Å². The number of carbonyl (C=O) groups excluding carboxylic acids is 1. The molecule has 0 spiro atoms. The molecule has 1 saturated heterocycles. The predicted octanol–water partition coefficient (Wildman–Crippen LogP) is 1.70. The van der Waals surface area contributed by atoms with E-state index in [2.05, 4.69) is 26.1 Å². The zero-order valence-corrected chi connectivity index (χ0v) is 7.61. The second kappa shape index (κ2) is 2.84. The summed E-state index contributed by atoms with van der Waals surface area (Å²) in [4.78, 5) is 10.9. The highest BCUT2D eigenvalue weighted by Gasteiger charge is 2.32. The molecule has 0 aromatic rings. The Kier molecular flexibility index (Phi) is 2.21. The molecular formula is C9H17NO. The van der Waals surface area contributed by atoms with Gasteiger partial charge in [0.25, 0.3) is 0 Å². The highest BCUT2D eigenvalue weighted by molar-refractivity contribution is 5.79. The number of hydrogen-bond donors (Lipinski definition) is 1. The van der Waals surface area contributed by atoms with E-state index in [0.29, 0.717) is 12.3 Å². The molecule has 0 radical (unpaired) electrons. The topological polar surface area (TPSA) is 29.1 Å². The highest BCUT2D eigenvalue weighted by atomic mass is 16.2. The van der Waals surface area contributed by atoms with Crippen molar-refractivity contribution in [3.8, 4) is 0 Å². The van der Waals surface area contributed by atoms with Crippen molar-refractivity contribution in [2.24, 2.45) is 5.92 Å². The maximum atomic E-state index is 10.9. The van der Waals surface area contributed by atoms with Gasteiger partial charge in [-0.2, -0.15) is 0 Å². The van der Waals surface area contributed by atoms with E-state index in [-0.39, 0.29) is 11.4 Å². The van der Waals surface area contributed by atoms with Crippen molar-refractivity contribution < 1.29 is 4.79 Å². The third-order valence-corrected chi connectivity index (χ3v) is 2.20. The Morgan fingerprint density at radius 3 is 2.64 bits per heavy atom. The molecule has 64 valence electrons. The number of nitrogens with one attached hydrogen (secondary N) is 1. The summed E-state index contributed by atoms with van der Waals surface area (Å²) in [6.07, 6.45) is 2.81. The first-order chi connectivity index (χ1) is 5.02. The standard InChI is InChI=1S/C9H17NO/c1-7(2)6-9(3)5-4-8(11)10-9/h7H,4-6H2,1-3H3,(H,10,11). The molecule has 2 heteroatoms. The minimum Gasteiger partial charge on any atom is -0.351 e. The molecule has 0 aliphatic carbocycles. The summed E-state index contributed by atoms with van der Waals surface area (Å²) in [5.41, 5.74) is 0.0885. The van der Waals surface area contributed by atoms with Gasteiger partial charge in [-0.25, -0.2) is 0 Å². The van der Waals surface area contributed by atoms with Gasteiger partial charge in [-0.1, -0.05) is 13.8 Å². The smallest absolute Gasteiger partial charge is 0.220 e. The molecule has 1 amide bonds. The normalized spacial score (nSPS) is 31.1. The van der Waals surface area contributed by atoms with E-state index in [1.165, 1.54) is 0 Å². The average molecular weight is 155 g/mol. The van der Waals surface area contributed by atoms with Gasteiger partial charge in [-0.3, -0.25) is 4.79 Å². The summed E-state index contributed by atoms with van der Waals surface area (Å²) < 4.78 is 0. The van der Waals surface area contributed by atoms with Crippen LogP contribution in [-0.4, -0.2) is 11.4 Å². The molecule has 1 atom stereocenters. The molecule has 0 bridgehead atoms. The Hall–Kier alpha value is -0.530. The second-order valence-electron chi connectivity index (χ2n) is 4.21. The molecule has 1 N–H and O–H groups in total. The molecule has 11 heavy (non-hydrogen) atoms. The summed E-state index contributed by atoms with van der Waals surface area (Å²) >= 11 is 0. The number of amides is 1. The Labute approximate surface area is 68.4 Å². The van der Waals surface area contributed by atoms with Gasteiger partial charge >= 0.3 is 0 Å². The molecular weight excluding hydrogens is 138 g/mol. The van der Waals surface area contributed by atoms with Gasteiger partial charge < -0.3 is 5.32 Å². The molecule has 1 heterocycles. The first-order valence-corrected chi connectivity index (χ1v) is 4.33. The van der Waals surface area contributed by atoms with Crippen LogP contribution in [0.2, 0.25) is 0 Å². The van der Waals surface area contributed by atoms with Gasteiger partial charge in [0.15, 0.2) is 0 Å². The Bertz CT molecular complexity index is 165. The zero-order valence-electron chi connectivity index (χ0n) is 7.61. The van der Waals surface area contributed by atoms with E-state index in [1.54, 1.807) is 0 Å². The SMILES string of the molecule is CC(C)CC1(C)CCC(=O)N1. The van der Waals surface area contributed by atoms with Crippen LogP contribution in [0.4, 0.5) is 0 Å². The van der Waals surface area contributed by atoms with Crippen LogP contribution in [-0.2, 0) is 4.79 Å². The third-order valence-electron chi connectivity index (χ3n) is 2.20. The van der Waals surface area contributed by atoms with Crippen LogP contribution < -0.4 is 5.32 Å². The van der Waals surface area contributed by atoms with Crippen molar-refractivity contribution in [3.05, 3.63) is 0 Å². The monoisotopic (exact) mass is 155 g/mol. The fraction of sp³-hybridized carbons (Fsp3) is 0.889. The summed E-state index contributed by atoms with van der Waals surface area (Å²) in [7, 11) is 0. The van der Waals surface area contributed by atoms with E-state index in [4.69, 9.17) is 0 Å². The lowest BCUT2D eigenvalue weighted by Crippen LogP contribution is -2.39. The minimum atomic E-state index is 0.0885. The van der Waals surface area contributed by atoms with E-state index in [1.807, 2.05) is 0 Å². The lowest BCUT2D eigenvalue weighted by atomic mass is 9.90. The molecule has 1 aliphatic rings. The van der Waals surface area contributed by atoms with Gasteiger partial charge in [-0.15, -0.1) is 0 Å². The van der Waals surface area contributed by atoms with Gasteiger partial charge in [-0.05, 0) is 25.7 Å². The quantitative estimate of drug-likeness (QED) is 0.646. The molecule has 1 fully saturated rings. The summed E-state index contributed by atoms with van der Waals surface area (Å²) in [5, 5.41) is 3.02. The fourth-order valence-electron chi connectivity index (χ4n) is 1.91. The van der Waals surface area contributed by atoms with E-state index in [9.17, 15) is 4.79 Å². The van der Waals surface area contributed by atoms with E-state index >= 15 is 0 Å². The molecule has 1 aliphatic heterocycles. The number of carbonyl (C=O) groups is 1. The maximum absolute atomic E-state index is 10.9. The fourth-order valence-corrected chi connectivity index (χ4v) is 1.91. The van der Waals surface area contributed by atoms with Crippen LogP contribution in [0, 0.1) is 5.92 Å². The van der Waals surface area contributed by atoms with Crippen LogP contribution >= 0.6 is 0 Å². The van der Waals surface area contributed by atoms with Crippen molar-refractivity contribution in [2.75, 3.05) is 0 Å². The average Bonchev–Trinajstić information content (AvgIpc) is 2.08. The Morgan fingerprint density at radius 2 is 2.27 bits per heavy atom. The first-order valence-electron chi connectivity index (χ1n) is 4.33. The zero-order chi connectivity index (χ0) is 8.48. The van der Waals surface area contributed by atoms with Gasteiger partial charge in [0, 0.05) is 12.0 Å². The molecule has 1 rings (SSSR count). The Morgan fingerprint density at radius 1 is 1.64 bits per heavy atom. The summed E-state index contributed by atoms with van der Waals surface area (Å²) in [6.45, 7) is 6.52. The largest absolute Gasteiger partial charge is 0.351 e. The van der Waals surface area contributed by atoms with Crippen LogP contribution in [0.15, 0.2) is 0 Å². The number of rotatable bonds is 2. The molecule has 2 nitrogen and oxygen atoms in total.